The molecule has 1 heterocycles. The highest BCUT2D eigenvalue weighted by atomic mass is 32.2. The number of amides is 1. The molecule has 2 aromatic rings. The number of aliphatic imine (C=N–C) groups is 1. The number of phenols is 1. The van der Waals surface area contributed by atoms with E-state index in [2.05, 4.69) is 0 Å². The number of nitro groups is 1. The van der Waals surface area contributed by atoms with E-state index in [9.17, 15) is 20.0 Å². The third-order valence-corrected chi connectivity index (χ3v) is 6.81. The molecular formula is C24H25N3O5S. The van der Waals surface area contributed by atoms with Gasteiger partial charge in [-0.2, -0.15) is 0 Å². The molecule has 0 aromatic heterocycles. The summed E-state index contributed by atoms with van der Waals surface area (Å²) in [7, 11) is 1.32. The van der Waals surface area contributed by atoms with Crippen LogP contribution in [0.5, 0.6) is 11.5 Å². The van der Waals surface area contributed by atoms with Crippen molar-refractivity contribution >= 4 is 40.3 Å². The zero-order valence-corrected chi connectivity index (χ0v) is 19.3. The van der Waals surface area contributed by atoms with E-state index < -0.39 is 16.4 Å². The van der Waals surface area contributed by atoms with Crippen LogP contribution in [-0.4, -0.2) is 39.2 Å². The fraction of sp³-hybridized carbons (Fsp3) is 0.333. The molecule has 0 unspecified atom stereocenters. The van der Waals surface area contributed by atoms with Crippen LogP contribution in [-0.2, 0) is 4.79 Å². The average molecular weight is 468 g/mol. The number of thioether (sulfide) groups is 1. The Balaban J connectivity index is 1.74. The number of phenolic OH excluding ortho intramolecular Hbond substituents is 1. The van der Waals surface area contributed by atoms with Crippen molar-refractivity contribution in [3.05, 3.63) is 62.5 Å². The first-order valence-electron chi connectivity index (χ1n) is 10.8. The second-order valence-electron chi connectivity index (χ2n) is 8.16. The van der Waals surface area contributed by atoms with Crippen molar-refractivity contribution in [3.63, 3.8) is 0 Å². The molecule has 0 spiro atoms. The molecule has 9 heteroatoms. The molecule has 1 aliphatic carbocycles. The lowest BCUT2D eigenvalue weighted by molar-refractivity contribution is -0.386. The van der Waals surface area contributed by atoms with Crippen LogP contribution in [0.1, 0.15) is 43.2 Å². The predicted octanol–water partition coefficient (Wildman–Crippen LogP) is 5.55. The zero-order chi connectivity index (χ0) is 23.5. The maximum atomic E-state index is 13.4. The molecule has 172 valence electrons. The number of hydrogen-bond acceptors (Lipinski definition) is 7. The number of rotatable bonds is 5. The van der Waals surface area contributed by atoms with E-state index in [0.29, 0.717) is 15.6 Å². The minimum atomic E-state index is -0.678. The number of hydrogen-bond donors (Lipinski definition) is 1. The molecule has 1 saturated carbocycles. The first-order chi connectivity index (χ1) is 15.9. The predicted molar refractivity (Wildman–Crippen MR) is 129 cm³/mol. The molecule has 2 aliphatic rings. The maximum Gasteiger partial charge on any atom is 0.315 e. The summed E-state index contributed by atoms with van der Waals surface area (Å²) in [5.41, 5.74) is 1.81. The summed E-state index contributed by atoms with van der Waals surface area (Å²) in [6, 6.07) is 10.6. The first kappa shape index (κ1) is 22.8. The summed E-state index contributed by atoms with van der Waals surface area (Å²) in [6.07, 6.45) is 6.73. The Morgan fingerprint density at radius 2 is 1.91 bits per heavy atom. The number of nitrogens with zero attached hydrogens (tertiary/aromatic N) is 3. The Hall–Kier alpha value is -3.33. The number of carbonyl (C=O) groups excluding carboxylic acids is 1. The van der Waals surface area contributed by atoms with Crippen molar-refractivity contribution in [2.24, 2.45) is 4.99 Å². The van der Waals surface area contributed by atoms with Crippen LogP contribution >= 0.6 is 11.8 Å². The van der Waals surface area contributed by atoms with Gasteiger partial charge in [-0.1, -0.05) is 37.0 Å². The van der Waals surface area contributed by atoms with Crippen molar-refractivity contribution in [2.75, 3.05) is 7.11 Å². The molecule has 0 atom stereocenters. The molecular weight excluding hydrogens is 442 g/mol. The number of ether oxygens (including phenoxy) is 1. The van der Waals surface area contributed by atoms with Crippen molar-refractivity contribution in [1.82, 2.24) is 4.90 Å². The molecule has 0 radical (unpaired) electrons. The fourth-order valence-corrected chi connectivity index (χ4v) is 5.16. The summed E-state index contributed by atoms with van der Waals surface area (Å²) >= 11 is 1.26. The molecule has 1 amide bonds. The van der Waals surface area contributed by atoms with Gasteiger partial charge in [0.25, 0.3) is 5.91 Å². The number of nitro benzene ring substituents is 1. The minimum absolute atomic E-state index is 0.0239. The first-order valence-corrected chi connectivity index (χ1v) is 11.6. The van der Waals surface area contributed by atoms with E-state index in [1.807, 2.05) is 31.2 Å². The van der Waals surface area contributed by atoms with Crippen molar-refractivity contribution < 1.29 is 19.6 Å². The number of aromatic hydroxyl groups is 1. The highest BCUT2D eigenvalue weighted by Gasteiger charge is 2.38. The molecule has 0 bridgehead atoms. The minimum Gasteiger partial charge on any atom is -0.500 e. The lowest BCUT2D eigenvalue weighted by Crippen LogP contribution is -2.40. The van der Waals surface area contributed by atoms with Gasteiger partial charge in [0.1, 0.15) is 0 Å². The van der Waals surface area contributed by atoms with E-state index in [0.717, 1.165) is 43.4 Å². The quantitative estimate of drug-likeness (QED) is 0.351. The van der Waals surface area contributed by atoms with Crippen molar-refractivity contribution in [2.45, 2.75) is 45.1 Å². The maximum absolute atomic E-state index is 13.4. The van der Waals surface area contributed by atoms with Gasteiger partial charge < -0.3 is 9.84 Å². The second-order valence-corrected chi connectivity index (χ2v) is 9.16. The van der Waals surface area contributed by atoms with Gasteiger partial charge >= 0.3 is 5.69 Å². The molecule has 1 N–H and O–H groups in total. The number of benzene rings is 2. The summed E-state index contributed by atoms with van der Waals surface area (Å²) in [4.78, 5) is 31.1. The summed E-state index contributed by atoms with van der Waals surface area (Å²) in [5.74, 6) is -0.725. The topological polar surface area (TPSA) is 105 Å². The highest BCUT2D eigenvalue weighted by Crippen LogP contribution is 2.41. The number of amidine groups is 1. The van der Waals surface area contributed by atoms with Crippen molar-refractivity contribution in [3.8, 4) is 11.5 Å². The van der Waals surface area contributed by atoms with Crippen LogP contribution in [0.2, 0.25) is 0 Å². The van der Waals surface area contributed by atoms with Crippen LogP contribution in [0.4, 0.5) is 11.4 Å². The Labute approximate surface area is 196 Å². The van der Waals surface area contributed by atoms with E-state index in [4.69, 9.17) is 9.73 Å². The molecule has 1 saturated heterocycles. The highest BCUT2D eigenvalue weighted by molar-refractivity contribution is 8.18. The number of methoxy groups -OCH3 is 1. The van der Waals surface area contributed by atoms with Crippen LogP contribution < -0.4 is 4.74 Å². The number of aryl methyl sites for hydroxylation is 1. The van der Waals surface area contributed by atoms with Crippen LogP contribution in [0.15, 0.2) is 46.3 Å². The van der Waals surface area contributed by atoms with Gasteiger partial charge in [0.05, 0.1) is 22.6 Å². The summed E-state index contributed by atoms with van der Waals surface area (Å²) in [6.45, 7) is 2.01. The Morgan fingerprint density at radius 1 is 1.21 bits per heavy atom. The second kappa shape index (κ2) is 9.66. The lowest BCUT2D eigenvalue weighted by Gasteiger charge is -2.30. The molecule has 4 rings (SSSR count). The van der Waals surface area contributed by atoms with E-state index >= 15 is 0 Å². The largest absolute Gasteiger partial charge is 0.500 e. The van der Waals surface area contributed by atoms with Crippen molar-refractivity contribution in [1.29, 1.82) is 0 Å². The van der Waals surface area contributed by atoms with Gasteiger partial charge in [-0.3, -0.25) is 19.8 Å². The van der Waals surface area contributed by atoms with Crippen LogP contribution in [0.25, 0.3) is 6.08 Å². The Kier molecular flexibility index (Phi) is 6.69. The Morgan fingerprint density at radius 3 is 2.55 bits per heavy atom. The van der Waals surface area contributed by atoms with E-state index in [1.165, 1.54) is 31.0 Å². The smallest absolute Gasteiger partial charge is 0.315 e. The Bertz CT molecular complexity index is 1140. The SMILES string of the molecule is COc1cc(/C=C2/SC(=Nc3ccc(C)cc3)N(C3CCCCC3)C2=O)cc([N+](=O)[O-])c1O. The molecule has 1 aliphatic heterocycles. The third-order valence-electron chi connectivity index (χ3n) is 5.83. The summed E-state index contributed by atoms with van der Waals surface area (Å²) < 4.78 is 5.08. The number of carbonyl (C=O) groups is 1. The molecule has 33 heavy (non-hydrogen) atoms. The molecule has 2 fully saturated rings. The molecule has 8 nitrogen and oxygen atoms in total. The standard InChI is InChI=1S/C24H25N3O5S/c1-15-8-10-17(11-9-15)25-24-26(18-6-4-3-5-7-18)23(29)21(33-24)14-16-12-19(27(30)31)22(28)20(13-16)32-2/h8-14,18,28H,3-7H2,1-2H3/b21-14+,25-24?. The van der Waals surface area contributed by atoms with Gasteiger partial charge in [-0.05, 0) is 61.4 Å². The third kappa shape index (κ3) is 4.88. The van der Waals surface area contributed by atoms with Gasteiger partial charge in [0, 0.05) is 12.1 Å². The van der Waals surface area contributed by atoms with E-state index in [1.54, 1.807) is 11.0 Å². The van der Waals surface area contributed by atoms with E-state index in [-0.39, 0.29) is 17.7 Å². The van der Waals surface area contributed by atoms with Gasteiger partial charge in [0.15, 0.2) is 10.9 Å². The monoisotopic (exact) mass is 467 g/mol. The molecule has 2 aromatic carbocycles. The van der Waals surface area contributed by atoms with Gasteiger partial charge in [-0.25, -0.2) is 4.99 Å². The van der Waals surface area contributed by atoms with Gasteiger partial charge in [-0.15, -0.1) is 0 Å². The average Bonchev–Trinajstić information content (AvgIpc) is 3.11. The van der Waals surface area contributed by atoms with Crippen LogP contribution in [0, 0.1) is 17.0 Å². The lowest BCUT2D eigenvalue weighted by atomic mass is 9.94. The summed E-state index contributed by atoms with van der Waals surface area (Å²) in [5, 5.41) is 22.0. The normalized spacial score (nSPS) is 19.5. The zero-order valence-electron chi connectivity index (χ0n) is 18.5. The van der Waals surface area contributed by atoms with Crippen LogP contribution in [0.3, 0.4) is 0 Å². The fourth-order valence-electron chi connectivity index (χ4n) is 4.10. The van der Waals surface area contributed by atoms with Gasteiger partial charge in [0.2, 0.25) is 5.75 Å².